The normalized spacial score (nSPS) is 10.6. The topological polar surface area (TPSA) is 35.2 Å². The van der Waals surface area contributed by atoms with Gasteiger partial charge in [-0.3, -0.25) is 0 Å². The van der Waals surface area contributed by atoms with Crippen molar-refractivity contribution in [2.75, 3.05) is 11.1 Å². The standard InChI is InChI=1S/C11H9BrF3NO/c12-6-2-1-3-8-4-5-9(16)10(7-8)17-11(13,14)15/h4-5,7H,2,6,16H2. The quantitative estimate of drug-likeness (QED) is 0.517. The lowest BCUT2D eigenvalue weighted by Crippen LogP contribution is -2.18. The van der Waals surface area contributed by atoms with Crippen LogP contribution in [-0.4, -0.2) is 11.7 Å². The number of benzene rings is 1. The monoisotopic (exact) mass is 307 g/mol. The minimum absolute atomic E-state index is 0.0756. The number of rotatable bonds is 2. The van der Waals surface area contributed by atoms with Crippen LogP contribution in [0.5, 0.6) is 5.75 Å². The van der Waals surface area contributed by atoms with Crippen LogP contribution in [0.2, 0.25) is 0 Å². The maximum absolute atomic E-state index is 12.0. The van der Waals surface area contributed by atoms with E-state index in [9.17, 15) is 13.2 Å². The van der Waals surface area contributed by atoms with E-state index >= 15 is 0 Å². The zero-order chi connectivity index (χ0) is 12.9. The zero-order valence-corrected chi connectivity index (χ0v) is 10.2. The van der Waals surface area contributed by atoms with Crippen LogP contribution in [0.1, 0.15) is 12.0 Å². The molecular formula is C11H9BrF3NO. The third-order valence-electron chi connectivity index (χ3n) is 1.69. The summed E-state index contributed by atoms with van der Waals surface area (Å²) in [4.78, 5) is 0. The van der Waals surface area contributed by atoms with Crippen LogP contribution in [0.15, 0.2) is 18.2 Å². The van der Waals surface area contributed by atoms with Gasteiger partial charge < -0.3 is 10.5 Å². The highest BCUT2D eigenvalue weighted by Gasteiger charge is 2.31. The minimum Gasteiger partial charge on any atom is -0.404 e. The summed E-state index contributed by atoms with van der Waals surface area (Å²) >= 11 is 3.19. The van der Waals surface area contributed by atoms with Gasteiger partial charge in [-0.15, -0.1) is 13.2 Å². The van der Waals surface area contributed by atoms with Crippen molar-refractivity contribution >= 4 is 21.6 Å². The summed E-state index contributed by atoms with van der Waals surface area (Å²) in [5.41, 5.74) is 5.73. The number of ether oxygens (including phenoxy) is 1. The lowest BCUT2D eigenvalue weighted by atomic mass is 10.2. The third-order valence-corrected chi connectivity index (χ3v) is 2.09. The average Bonchev–Trinajstić information content (AvgIpc) is 2.21. The van der Waals surface area contributed by atoms with Crippen LogP contribution in [-0.2, 0) is 0 Å². The van der Waals surface area contributed by atoms with Gasteiger partial charge in [-0.05, 0) is 18.2 Å². The summed E-state index contributed by atoms with van der Waals surface area (Å²) in [5.74, 6) is 5.07. The van der Waals surface area contributed by atoms with Gasteiger partial charge in [0.2, 0.25) is 0 Å². The summed E-state index contributed by atoms with van der Waals surface area (Å²) in [7, 11) is 0. The lowest BCUT2D eigenvalue weighted by Gasteiger charge is -2.10. The van der Waals surface area contributed by atoms with Crippen molar-refractivity contribution in [1.82, 2.24) is 0 Å². The van der Waals surface area contributed by atoms with E-state index in [1.807, 2.05) is 0 Å². The number of nitrogen functional groups attached to an aromatic ring is 1. The molecule has 0 saturated heterocycles. The number of hydrogen-bond acceptors (Lipinski definition) is 2. The fraction of sp³-hybridized carbons (Fsp3) is 0.273. The Morgan fingerprint density at radius 1 is 1.35 bits per heavy atom. The first kappa shape index (κ1) is 13.7. The minimum atomic E-state index is -4.75. The molecule has 1 aromatic carbocycles. The van der Waals surface area contributed by atoms with Crippen molar-refractivity contribution in [3.63, 3.8) is 0 Å². The smallest absolute Gasteiger partial charge is 0.404 e. The molecule has 0 saturated carbocycles. The van der Waals surface area contributed by atoms with E-state index in [1.54, 1.807) is 6.07 Å². The summed E-state index contributed by atoms with van der Waals surface area (Å²) in [5, 5.41) is 0.709. The van der Waals surface area contributed by atoms with E-state index in [-0.39, 0.29) is 5.69 Å². The summed E-state index contributed by atoms with van der Waals surface area (Å²) < 4.78 is 39.9. The van der Waals surface area contributed by atoms with E-state index in [0.29, 0.717) is 17.3 Å². The van der Waals surface area contributed by atoms with Gasteiger partial charge in [0, 0.05) is 17.3 Å². The van der Waals surface area contributed by atoms with Gasteiger partial charge in [0.05, 0.1) is 5.69 Å². The molecule has 0 spiro atoms. The Hall–Kier alpha value is -1.35. The van der Waals surface area contributed by atoms with E-state index in [2.05, 4.69) is 32.5 Å². The molecule has 0 bridgehead atoms. The lowest BCUT2D eigenvalue weighted by molar-refractivity contribution is -0.274. The molecule has 0 amide bonds. The Labute approximate surface area is 105 Å². The van der Waals surface area contributed by atoms with Gasteiger partial charge in [0.1, 0.15) is 0 Å². The number of anilines is 1. The second-order valence-electron chi connectivity index (χ2n) is 3.04. The molecular weight excluding hydrogens is 299 g/mol. The zero-order valence-electron chi connectivity index (χ0n) is 8.64. The van der Waals surface area contributed by atoms with E-state index in [4.69, 9.17) is 5.73 Å². The van der Waals surface area contributed by atoms with E-state index in [0.717, 1.165) is 0 Å². The molecule has 0 atom stereocenters. The Morgan fingerprint density at radius 2 is 2.06 bits per heavy atom. The van der Waals surface area contributed by atoms with Crippen molar-refractivity contribution in [2.24, 2.45) is 0 Å². The molecule has 1 aromatic rings. The van der Waals surface area contributed by atoms with E-state index in [1.165, 1.54) is 12.1 Å². The Balaban J connectivity index is 2.92. The molecule has 2 nitrogen and oxygen atoms in total. The third kappa shape index (κ3) is 5.00. The molecule has 0 aliphatic rings. The highest BCUT2D eigenvalue weighted by atomic mass is 79.9. The van der Waals surface area contributed by atoms with Gasteiger partial charge >= 0.3 is 6.36 Å². The van der Waals surface area contributed by atoms with Gasteiger partial charge in [0.25, 0.3) is 0 Å². The predicted octanol–water partition coefficient (Wildman–Crippen LogP) is 3.30. The Bertz CT molecular complexity index is 448. The van der Waals surface area contributed by atoms with Crippen LogP contribution >= 0.6 is 15.9 Å². The first-order chi connectivity index (χ1) is 7.92. The van der Waals surface area contributed by atoms with Crippen LogP contribution < -0.4 is 10.5 Å². The fourth-order valence-corrected chi connectivity index (χ4v) is 1.24. The highest BCUT2D eigenvalue weighted by Crippen LogP contribution is 2.28. The predicted molar refractivity (Wildman–Crippen MR) is 62.8 cm³/mol. The largest absolute Gasteiger partial charge is 0.573 e. The molecule has 0 unspecified atom stereocenters. The molecule has 1 rings (SSSR count). The van der Waals surface area contributed by atoms with Crippen molar-refractivity contribution in [3.8, 4) is 17.6 Å². The molecule has 0 aromatic heterocycles. The number of nitrogens with two attached hydrogens (primary N) is 1. The van der Waals surface area contributed by atoms with Crippen LogP contribution in [0, 0.1) is 11.8 Å². The molecule has 0 aliphatic heterocycles. The number of alkyl halides is 4. The van der Waals surface area contributed by atoms with Crippen LogP contribution in [0.25, 0.3) is 0 Å². The SMILES string of the molecule is Nc1ccc(C#CCCBr)cc1OC(F)(F)F. The summed E-state index contributed by atoms with van der Waals surface area (Å²) in [6, 6.07) is 4.04. The van der Waals surface area contributed by atoms with Crippen molar-refractivity contribution < 1.29 is 17.9 Å². The first-order valence-electron chi connectivity index (χ1n) is 4.62. The molecule has 0 radical (unpaired) electrons. The maximum atomic E-state index is 12.0. The number of hydrogen-bond donors (Lipinski definition) is 1. The fourth-order valence-electron chi connectivity index (χ4n) is 1.04. The molecule has 92 valence electrons. The van der Waals surface area contributed by atoms with E-state index < -0.39 is 12.1 Å². The second-order valence-corrected chi connectivity index (χ2v) is 3.83. The van der Waals surface area contributed by atoms with Crippen LogP contribution in [0.4, 0.5) is 18.9 Å². The second kappa shape index (κ2) is 5.82. The van der Waals surface area contributed by atoms with Crippen LogP contribution in [0.3, 0.4) is 0 Å². The van der Waals surface area contributed by atoms with Crippen molar-refractivity contribution in [1.29, 1.82) is 0 Å². The molecule has 17 heavy (non-hydrogen) atoms. The first-order valence-corrected chi connectivity index (χ1v) is 5.74. The van der Waals surface area contributed by atoms with Gasteiger partial charge in [-0.25, -0.2) is 0 Å². The highest BCUT2D eigenvalue weighted by molar-refractivity contribution is 9.09. The maximum Gasteiger partial charge on any atom is 0.573 e. The molecule has 0 fully saturated rings. The van der Waals surface area contributed by atoms with Gasteiger partial charge in [0.15, 0.2) is 5.75 Å². The molecule has 2 N–H and O–H groups in total. The van der Waals surface area contributed by atoms with Gasteiger partial charge in [-0.1, -0.05) is 27.8 Å². The summed E-state index contributed by atoms with van der Waals surface area (Å²) in [6.45, 7) is 0. The van der Waals surface area contributed by atoms with Crippen molar-refractivity contribution in [2.45, 2.75) is 12.8 Å². The Kier molecular flexibility index (Phi) is 4.70. The molecule has 6 heteroatoms. The Morgan fingerprint density at radius 3 is 2.65 bits per heavy atom. The molecule has 0 heterocycles. The van der Waals surface area contributed by atoms with Crippen molar-refractivity contribution in [3.05, 3.63) is 23.8 Å². The molecule has 0 aliphatic carbocycles. The summed E-state index contributed by atoms with van der Waals surface area (Å²) in [6.07, 6.45) is -4.14. The van der Waals surface area contributed by atoms with Gasteiger partial charge in [-0.2, -0.15) is 0 Å². The number of halogens is 4. The average molecular weight is 308 g/mol.